The molecule has 0 radical (unpaired) electrons. The van der Waals surface area contributed by atoms with Gasteiger partial charge in [-0.2, -0.15) is 0 Å². The lowest BCUT2D eigenvalue weighted by atomic mass is 10.1. The molecule has 1 heterocycles. The van der Waals surface area contributed by atoms with Gasteiger partial charge in [-0.3, -0.25) is 4.79 Å². The number of nitrogens with zero attached hydrogens (tertiary/aromatic N) is 1. The van der Waals surface area contributed by atoms with Gasteiger partial charge in [-0.05, 0) is 18.6 Å². The summed E-state index contributed by atoms with van der Waals surface area (Å²) in [6.07, 6.45) is 4.14. The van der Waals surface area contributed by atoms with E-state index in [9.17, 15) is 4.79 Å². The van der Waals surface area contributed by atoms with Crippen LogP contribution in [0, 0.1) is 0 Å². The number of amides is 1. The summed E-state index contributed by atoms with van der Waals surface area (Å²) < 4.78 is 0. The van der Waals surface area contributed by atoms with E-state index in [1.165, 1.54) is 0 Å². The van der Waals surface area contributed by atoms with E-state index >= 15 is 0 Å². The van der Waals surface area contributed by atoms with Gasteiger partial charge in [0.05, 0.1) is 6.42 Å². The van der Waals surface area contributed by atoms with E-state index in [1.54, 1.807) is 11.1 Å². The summed E-state index contributed by atoms with van der Waals surface area (Å²) in [6, 6.07) is 0. The Labute approximate surface area is 60.8 Å². The molecule has 0 saturated heterocycles. The molecule has 0 fully saturated rings. The van der Waals surface area contributed by atoms with Crippen LogP contribution in [0.15, 0.2) is 24.4 Å². The first-order chi connectivity index (χ1) is 4.74. The minimum absolute atomic E-state index is 0.148. The zero-order valence-electron chi connectivity index (χ0n) is 6.13. The highest BCUT2D eigenvalue weighted by Gasteiger charge is 2.12. The zero-order chi connectivity index (χ0) is 7.56. The van der Waals surface area contributed by atoms with Crippen LogP contribution >= 0.6 is 0 Å². The van der Waals surface area contributed by atoms with Crippen molar-refractivity contribution >= 4 is 5.91 Å². The third kappa shape index (κ3) is 1.26. The highest BCUT2D eigenvalue weighted by Crippen LogP contribution is 2.10. The van der Waals surface area contributed by atoms with Crippen molar-refractivity contribution in [2.24, 2.45) is 0 Å². The second-order valence-electron chi connectivity index (χ2n) is 2.33. The fraction of sp³-hybridized carbons (Fsp3) is 0.375. The predicted molar refractivity (Wildman–Crippen MR) is 40.3 cm³/mol. The van der Waals surface area contributed by atoms with Crippen molar-refractivity contribution in [1.82, 2.24) is 4.90 Å². The number of rotatable bonds is 1. The van der Waals surface area contributed by atoms with Gasteiger partial charge in [0, 0.05) is 12.7 Å². The number of hydrogen-bond acceptors (Lipinski definition) is 1. The first-order valence-electron chi connectivity index (χ1n) is 3.39. The summed E-state index contributed by atoms with van der Waals surface area (Å²) in [6.45, 7) is 6.41. The van der Waals surface area contributed by atoms with E-state index in [0.29, 0.717) is 6.42 Å². The molecule has 0 spiro atoms. The lowest BCUT2D eigenvalue weighted by Gasteiger charge is -2.19. The first kappa shape index (κ1) is 7.06. The van der Waals surface area contributed by atoms with Crippen LogP contribution in [0.3, 0.4) is 0 Å². The molecule has 0 N–H and O–H groups in total. The molecule has 2 nitrogen and oxygen atoms in total. The highest BCUT2D eigenvalue weighted by molar-refractivity contribution is 5.81. The summed E-state index contributed by atoms with van der Waals surface area (Å²) in [5.41, 5.74) is 0.898. The molecule has 0 saturated carbocycles. The van der Waals surface area contributed by atoms with E-state index in [2.05, 4.69) is 6.58 Å². The standard InChI is InChI=1S/C8H11NO/c1-3-9-5-4-7(2)6-8(9)10/h4-5H,2-3,6H2,1H3. The maximum absolute atomic E-state index is 11.0. The Bertz CT molecular complexity index is 193. The van der Waals surface area contributed by atoms with Crippen molar-refractivity contribution in [3.8, 4) is 0 Å². The number of hydrogen-bond donors (Lipinski definition) is 0. The van der Waals surface area contributed by atoms with E-state index in [4.69, 9.17) is 0 Å². The molecule has 0 aliphatic carbocycles. The van der Waals surface area contributed by atoms with Crippen LogP contribution in [0.1, 0.15) is 13.3 Å². The largest absolute Gasteiger partial charge is 0.319 e. The molecule has 0 aromatic carbocycles. The van der Waals surface area contributed by atoms with Crippen LogP contribution in [0.4, 0.5) is 0 Å². The molecular weight excluding hydrogens is 126 g/mol. The Morgan fingerprint density at radius 3 is 3.00 bits per heavy atom. The van der Waals surface area contributed by atoms with Crippen LogP contribution in [0.25, 0.3) is 0 Å². The molecule has 1 amide bonds. The molecule has 0 aromatic rings. The van der Waals surface area contributed by atoms with Gasteiger partial charge >= 0.3 is 0 Å². The maximum atomic E-state index is 11.0. The lowest BCUT2D eigenvalue weighted by molar-refractivity contribution is -0.128. The second kappa shape index (κ2) is 2.69. The number of carbonyl (C=O) groups is 1. The van der Waals surface area contributed by atoms with Crippen molar-refractivity contribution < 1.29 is 4.79 Å². The van der Waals surface area contributed by atoms with Gasteiger partial charge in [0.2, 0.25) is 5.91 Å². The monoisotopic (exact) mass is 137 g/mol. The maximum Gasteiger partial charge on any atom is 0.230 e. The van der Waals surface area contributed by atoms with E-state index < -0.39 is 0 Å². The summed E-state index contributed by atoms with van der Waals surface area (Å²) in [4.78, 5) is 12.7. The average molecular weight is 137 g/mol. The van der Waals surface area contributed by atoms with E-state index in [0.717, 1.165) is 12.1 Å². The summed E-state index contributed by atoms with van der Waals surface area (Å²) in [7, 11) is 0. The minimum Gasteiger partial charge on any atom is -0.319 e. The molecule has 1 aliphatic heterocycles. The van der Waals surface area contributed by atoms with Gasteiger partial charge in [-0.25, -0.2) is 0 Å². The summed E-state index contributed by atoms with van der Waals surface area (Å²) in [5.74, 6) is 0.148. The molecule has 0 aromatic heterocycles. The van der Waals surface area contributed by atoms with Crippen LogP contribution in [0.5, 0.6) is 0 Å². The molecule has 0 unspecified atom stereocenters. The Kier molecular flexibility index (Phi) is 1.90. The zero-order valence-corrected chi connectivity index (χ0v) is 6.13. The van der Waals surface area contributed by atoms with Crippen LogP contribution in [0.2, 0.25) is 0 Å². The number of carbonyl (C=O) groups excluding carboxylic acids is 1. The average Bonchev–Trinajstić information content (AvgIpc) is 1.88. The first-order valence-corrected chi connectivity index (χ1v) is 3.39. The van der Waals surface area contributed by atoms with Gasteiger partial charge in [-0.15, -0.1) is 0 Å². The molecule has 54 valence electrons. The molecule has 0 bridgehead atoms. The van der Waals surface area contributed by atoms with Gasteiger partial charge in [-0.1, -0.05) is 6.58 Å². The smallest absolute Gasteiger partial charge is 0.230 e. The highest BCUT2D eigenvalue weighted by atomic mass is 16.2. The lowest BCUT2D eigenvalue weighted by Crippen LogP contribution is -2.27. The Morgan fingerprint density at radius 2 is 2.50 bits per heavy atom. The van der Waals surface area contributed by atoms with Crippen LogP contribution in [-0.2, 0) is 4.79 Å². The van der Waals surface area contributed by atoms with Crippen molar-refractivity contribution in [3.05, 3.63) is 24.4 Å². The third-order valence-corrected chi connectivity index (χ3v) is 1.53. The van der Waals surface area contributed by atoms with Gasteiger partial charge in [0.15, 0.2) is 0 Å². The van der Waals surface area contributed by atoms with Crippen LogP contribution < -0.4 is 0 Å². The van der Waals surface area contributed by atoms with E-state index in [-0.39, 0.29) is 5.91 Å². The van der Waals surface area contributed by atoms with E-state index in [1.807, 2.05) is 13.0 Å². The van der Waals surface area contributed by atoms with Crippen molar-refractivity contribution in [2.75, 3.05) is 6.54 Å². The molecule has 1 aliphatic rings. The quantitative estimate of drug-likeness (QED) is 0.533. The molecule has 0 atom stereocenters. The Balaban J connectivity index is 2.71. The SMILES string of the molecule is C=C1C=CN(CC)C(=O)C1. The number of allylic oxidation sites excluding steroid dienone is 1. The third-order valence-electron chi connectivity index (χ3n) is 1.53. The molecular formula is C8H11NO. The second-order valence-corrected chi connectivity index (χ2v) is 2.33. The van der Waals surface area contributed by atoms with Crippen LogP contribution in [-0.4, -0.2) is 17.4 Å². The summed E-state index contributed by atoms with van der Waals surface area (Å²) >= 11 is 0. The summed E-state index contributed by atoms with van der Waals surface area (Å²) in [5, 5.41) is 0. The van der Waals surface area contributed by atoms with Crippen molar-refractivity contribution in [2.45, 2.75) is 13.3 Å². The fourth-order valence-corrected chi connectivity index (χ4v) is 0.915. The molecule has 1 rings (SSSR count). The van der Waals surface area contributed by atoms with Gasteiger partial charge in [0.1, 0.15) is 0 Å². The van der Waals surface area contributed by atoms with Crippen molar-refractivity contribution in [3.63, 3.8) is 0 Å². The topological polar surface area (TPSA) is 20.3 Å². The minimum atomic E-state index is 0.148. The van der Waals surface area contributed by atoms with Gasteiger partial charge in [0.25, 0.3) is 0 Å². The Hall–Kier alpha value is -1.05. The normalized spacial score (nSPS) is 18.3. The predicted octanol–water partition coefficient (Wildman–Crippen LogP) is 1.31. The molecule has 2 heteroatoms. The fourth-order valence-electron chi connectivity index (χ4n) is 0.915. The Morgan fingerprint density at radius 1 is 1.80 bits per heavy atom. The molecule has 10 heavy (non-hydrogen) atoms. The van der Waals surface area contributed by atoms with Gasteiger partial charge < -0.3 is 4.90 Å². The van der Waals surface area contributed by atoms with Crippen molar-refractivity contribution in [1.29, 1.82) is 0 Å².